The van der Waals surface area contributed by atoms with Crippen molar-refractivity contribution in [1.82, 2.24) is 20.9 Å². The van der Waals surface area contributed by atoms with Gasteiger partial charge in [-0.2, -0.15) is 0 Å². The molecule has 134 valence electrons. The molecule has 2 heterocycles. The highest BCUT2D eigenvalue weighted by molar-refractivity contribution is 8.00. The molecule has 0 radical (unpaired) electrons. The second-order valence-corrected chi connectivity index (χ2v) is 6.65. The zero-order valence-electron chi connectivity index (χ0n) is 14.1. The van der Waals surface area contributed by atoms with Crippen LogP contribution in [0.15, 0.2) is 11.3 Å². The summed E-state index contributed by atoms with van der Waals surface area (Å²) in [5.41, 5.74) is 6.57. The highest BCUT2D eigenvalue weighted by Gasteiger charge is 2.54. The minimum absolute atomic E-state index is 0.129. The Labute approximate surface area is 144 Å². The quantitative estimate of drug-likeness (QED) is 0.231. The Balaban J connectivity index is 2.48. The van der Waals surface area contributed by atoms with Gasteiger partial charge in [-0.3, -0.25) is 30.4 Å². The van der Waals surface area contributed by atoms with Crippen LogP contribution in [0.5, 0.6) is 0 Å². The van der Waals surface area contributed by atoms with Crippen LogP contribution in [0, 0.1) is 0 Å². The van der Waals surface area contributed by atoms with Gasteiger partial charge in [0, 0.05) is 11.3 Å². The zero-order valence-corrected chi connectivity index (χ0v) is 15.0. The molecule has 2 atom stereocenters. The predicted molar refractivity (Wildman–Crippen MR) is 89.6 cm³/mol. The average Bonchev–Trinajstić information content (AvgIpc) is 2.60. The fraction of sp³-hybridized carbons (Fsp3) is 0.643. The Bertz CT molecular complexity index is 581. The molecule has 0 spiro atoms. The smallest absolute Gasteiger partial charge is 0.355 e. The van der Waals surface area contributed by atoms with E-state index in [-0.39, 0.29) is 29.4 Å². The molecule has 2 aliphatic heterocycles. The number of nitrogens with one attached hydrogen (secondary N) is 3. The standard InChI is InChI=1S/C14H23N5O4S/c1-7(20)5-23-13(22)10-8(14(16-2,17-3)18-4)6-24-12-9(15)11(21)19(10)12/h9,12,16-18H,5-6,15H2,1-4H3/t9?,12-/m0/s1. The van der Waals surface area contributed by atoms with Crippen LogP contribution in [0.25, 0.3) is 0 Å². The molecule has 1 fully saturated rings. The molecule has 1 unspecified atom stereocenters. The number of hydrogen-bond donors (Lipinski definition) is 4. The van der Waals surface area contributed by atoms with Gasteiger partial charge >= 0.3 is 5.97 Å². The number of β-lactam (4-membered cyclic amide) rings is 1. The number of fused-ring (bicyclic) bond motifs is 1. The summed E-state index contributed by atoms with van der Waals surface area (Å²) in [6.07, 6.45) is 0. The summed E-state index contributed by atoms with van der Waals surface area (Å²) in [4.78, 5) is 37.3. The Kier molecular flexibility index (Phi) is 5.66. The van der Waals surface area contributed by atoms with E-state index in [1.807, 2.05) is 0 Å². The largest absolute Gasteiger partial charge is 0.453 e. The van der Waals surface area contributed by atoms with Crippen molar-refractivity contribution in [1.29, 1.82) is 0 Å². The molecule has 0 saturated carbocycles. The Hall–Kier alpha value is -1.46. The van der Waals surface area contributed by atoms with Crippen LogP contribution in [-0.2, 0) is 19.1 Å². The van der Waals surface area contributed by atoms with Crippen LogP contribution in [0.4, 0.5) is 0 Å². The first kappa shape index (κ1) is 18.9. The molecule has 2 rings (SSSR count). The maximum absolute atomic E-state index is 12.6. The van der Waals surface area contributed by atoms with Crippen molar-refractivity contribution in [3.63, 3.8) is 0 Å². The number of Topliss-reactive ketones (excluding diaryl/α,β-unsaturated/α-hetero) is 1. The van der Waals surface area contributed by atoms with Crippen LogP contribution >= 0.6 is 11.8 Å². The van der Waals surface area contributed by atoms with Crippen molar-refractivity contribution in [2.24, 2.45) is 5.73 Å². The number of carbonyl (C=O) groups excluding carboxylic acids is 3. The van der Waals surface area contributed by atoms with Gasteiger partial charge in [-0.05, 0) is 28.1 Å². The van der Waals surface area contributed by atoms with Gasteiger partial charge < -0.3 is 10.5 Å². The SMILES string of the molecule is CNC(NC)(NC)C1=C(C(=O)OCC(C)=O)N2C(=O)C(N)[C@@H]2SC1. The molecule has 1 amide bonds. The Morgan fingerprint density at radius 1 is 1.33 bits per heavy atom. The molecular weight excluding hydrogens is 334 g/mol. The van der Waals surface area contributed by atoms with Crippen LogP contribution in [0.3, 0.4) is 0 Å². The van der Waals surface area contributed by atoms with Gasteiger partial charge in [-0.25, -0.2) is 4.79 Å². The number of esters is 1. The third kappa shape index (κ3) is 2.95. The monoisotopic (exact) mass is 357 g/mol. The van der Waals surface area contributed by atoms with E-state index in [2.05, 4.69) is 16.0 Å². The lowest BCUT2D eigenvalue weighted by Crippen LogP contribution is -2.72. The lowest BCUT2D eigenvalue weighted by Gasteiger charge is -2.50. The van der Waals surface area contributed by atoms with Gasteiger partial charge in [0.25, 0.3) is 0 Å². The maximum Gasteiger partial charge on any atom is 0.355 e. The van der Waals surface area contributed by atoms with E-state index in [1.165, 1.54) is 23.6 Å². The van der Waals surface area contributed by atoms with E-state index in [4.69, 9.17) is 10.5 Å². The lowest BCUT2D eigenvalue weighted by molar-refractivity contribution is -0.152. The number of amides is 1. The van der Waals surface area contributed by atoms with E-state index in [0.717, 1.165) is 0 Å². The lowest BCUT2D eigenvalue weighted by atomic mass is 10.00. The molecule has 0 aliphatic carbocycles. The van der Waals surface area contributed by atoms with Crippen molar-refractivity contribution in [3.05, 3.63) is 11.3 Å². The van der Waals surface area contributed by atoms with Gasteiger partial charge in [0.2, 0.25) is 5.91 Å². The number of nitrogens with two attached hydrogens (primary N) is 1. The number of ketones is 1. The Morgan fingerprint density at radius 3 is 2.42 bits per heavy atom. The summed E-state index contributed by atoms with van der Waals surface area (Å²) in [5.74, 6) is -1.76. The first-order valence-electron chi connectivity index (χ1n) is 7.50. The minimum atomic E-state index is -0.900. The highest BCUT2D eigenvalue weighted by Crippen LogP contribution is 2.41. The number of hydrogen-bond acceptors (Lipinski definition) is 9. The van der Waals surface area contributed by atoms with Gasteiger partial charge in [-0.15, -0.1) is 11.8 Å². The molecule has 10 heteroatoms. The maximum atomic E-state index is 12.6. The summed E-state index contributed by atoms with van der Waals surface area (Å²) in [5, 5.41) is 8.95. The molecule has 24 heavy (non-hydrogen) atoms. The van der Waals surface area contributed by atoms with Gasteiger partial charge in [0.05, 0.1) is 0 Å². The summed E-state index contributed by atoms with van der Waals surface area (Å²) in [6.45, 7) is 0.985. The second-order valence-electron chi connectivity index (χ2n) is 5.54. The summed E-state index contributed by atoms with van der Waals surface area (Å²) < 4.78 is 5.06. The normalized spacial score (nSPS) is 23.7. The third-order valence-electron chi connectivity index (χ3n) is 4.19. The van der Waals surface area contributed by atoms with Crippen LogP contribution < -0.4 is 21.7 Å². The summed E-state index contributed by atoms with van der Waals surface area (Å²) >= 11 is 1.48. The van der Waals surface area contributed by atoms with E-state index < -0.39 is 17.8 Å². The number of likely N-dealkylation sites (N-methyl/N-ethyl adjacent to an activating group) is 3. The van der Waals surface area contributed by atoms with Crippen molar-refractivity contribution in [2.45, 2.75) is 24.1 Å². The van der Waals surface area contributed by atoms with E-state index in [9.17, 15) is 14.4 Å². The van der Waals surface area contributed by atoms with E-state index in [0.29, 0.717) is 11.3 Å². The van der Waals surface area contributed by atoms with Crippen molar-refractivity contribution >= 4 is 29.4 Å². The van der Waals surface area contributed by atoms with Crippen molar-refractivity contribution < 1.29 is 19.1 Å². The summed E-state index contributed by atoms with van der Waals surface area (Å²) in [7, 11) is 5.16. The van der Waals surface area contributed by atoms with Gasteiger partial charge in [0.1, 0.15) is 29.5 Å². The summed E-state index contributed by atoms with van der Waals surface area (Å²) in [6, 6.07) is -0.639. The fourth-order valence-electron chi connectivity index (χ4n) is 2.86. The number of rotatable bonds is 7. The molecule has 0 aromatic rings. The van der Waals surface area contributed by atoms with E-state index >= 15 is 0 Å². The van der Waals surface area contributed by atoms with Crippen molar-refractivity contribution in [2.75, 3.05) is 33.5 Å². The van der Waals surface area contributed by atoms with Gasteiger partial charge in [0.15, 0.2) is 5.78 Å². The molecule has 0 aromatic heterocycles. The number of nitrogens with zero attached hydrogens (tertiary/aromatic N) is 1. The third-order valence-corrected chi connectivity index (χ3v) is 5.49. The molecule has 0 aromatic carbocycles. The van der Waals surface area contributed by atoms with Crippen LogP contribution in [-0.4, -0.2) is 73.3 Å². The molecule has 0 bridgehead atoms. The zero-order chi connectivity index (χ0) is 18.1. The number of thioether (sulfide) groups is 1. The number of carbonyl (C=O) groups is 3. The minimum Gasteiger partial charge on any atom is -0.453 e. The van der Waals surface area contributed by atoms with Crippen molar-refractivity contribution in [3.8, 4) is 0 Å². The highest BCUT2D eigenvalue weighted by atomic mass is 32.2. The van der Waals surface area contributed by atoms with Crippen LogP contribution in [0.2, 0.25) is 0 Å². The predicted octanol–water partition coefficient (Wildman–Crippen LogP) is -2.07. The molecule has 1 saturated heterocycles. The molecule has 5 N–H and O–H groups in total. The average molecular weight is 357 g/mol. The second kappa shape index (κ2) is 7.19. The topological polar surface area (TPSA) is 126 Å². The Morgan fingerprint density at radius 2 is 1.92 bits per heavy atom. The van der Waals surface area contributed by atoms with E-state index in [1.54, 1.807) is 21.1 Å². The fourth-order valence-corrected chi connectivity index (χ4v) is 4.23. The molecule has 9 nitrogen and oxygen atoms in total. The number of ether oxygens (including phenoxy) is 1. The molecule has 2 aliphatic rings. The van der Waals surface area contributed by atoms with Gasteiger partial charge in [-0.1, -0.05) is 0 Å². The van der Waals surface area contributed by atoms with Crippen LogP contribution in [0.1, 0.15) is 6.92 Å². The molecular formula is C14H23N5O4S. The first-order valence-corrected chi connectivity index (χ1v) is 8.55. The first-order chi connectivity index (χ1) is 11.3.